The molecule has 2 aliphatic rings. The van der Waals surface area contributed by atoms with Crippen LogP contribution in [0, 0.1) is 0 Å². The molecule has 2 aliphatic heterocycles. The average molecular weight is 488 g/mol. The van der Waals surface area contributed by atoms with Gasteiger partial charge in [-0.3, -0.25) is 10.6 Å². The summed E-state index contributed by atoms with van der Waals surface area (Å²) in [6, 6.07) is 21.8. The van der Waals surface area contributed by atoms with Crippen LogP contribution in [-0.4, -0.2) is 71.9 Å². The van der Waals surface area contributed by atoms with Gasteiger partial charge in [0.05, 0.1) is 6.17 Å². The van der Waals surface area contributed by atoms with E-state index in [1.54, 1.807) is 0 Å². The third-order valence-corrected chi connectivity index (χ3v) is 7.76. The number of likely N-dealkylation sites (tertiary alicyclic amines) is 1. The summed E-state index contributed by atoms with van der Waals surface area (Å²) >= 11 is 0. The van der Waals surface area contributed by atoms with Crippen LogP contribution in [0.5, 0.6) is 0 Å². The Hall–Kier alpha value is -2.68. The molecule has 192 valence electrons. The first-order chi connectivity index (χ1) is 17.5. The molecular weight excluding hydrogens is 446 g/mol. The van der Waals surface area contributed by atoms with E-state index < -0.39 is 0 Å². The molecule has 3 aromatic rings. The van der Waals surface area contributed by atoms with Gasteiger partial charge in [-0.05, 0) is 82.8 Å². The zero-order valence-electron chi connectivity index (χ0n) is 21.7. The van der Waals surface area contributed by atoms with Crippen LogP contribution in [0.3, 0.4) is 0 Å². The van der Waals surface area contributed by atoms with Gasteiger partial charge in [0, 0.05) is 48.5 Å². The van der Waals surface area contributed by atoms with Gasteiger partial charge in [-0.25, -0.2) is 4.90 Å². The van der Waals surface area contributed by atoms with Gasteiger partial charge in [0.2, 0.25) is 0 Å². The van der Waals surface area contributed by atoms with Gasteiger partial charge >= 0.3 is 0 Å². The predicted molar refractivity (Wildman–Crippen MR) is 148 cm³/mol. The van der Waals surface area contributed by atoms with E-state index in [1.807, 2.05) is 0 Å². The summed E-state index contributed by atoms with van der Waals surface area (Å²) in [5.41, 5.74) is 18.8. The molecule has 4 N–H and O–H groups in total. The number of nitrogens with two attached hydrogens (primary N) is 2. The van der Waals surface area contributed by atoms with Crippen LogP contribution in [0.1, 0.15) is 36.6 Å². The molecule has 0 amide bonds. The van der Waals surface area contributed by atoms with E-state index in [4.69, 9.17) is 11.5 Å². The minimum Gasteiger partial charge on any atom is -0.343 e. The van der Waals surface area contributed by atoms with E-state index in [9.17, 15) is 0 Å². The van der Waals surface area contributed by atoms with Gasteiger partial charge < -0.3 is 20.1 Å². The average Bonchev–Trinajstić information content (AvgIpc) is 3.42. The molecule has 7 nitrogen and oxygen atoms in total. The summed E-state index contributed by atoms with van der Waals surface area (Å²) in [6.45, 7) is 5.01. The topological polar surface area (TPSA) is 69.9 Å². The van der Waals surface area contributed by atoms with Crippen molar-refractivity contribution in [3.8, 4) is 5.69 Å². The highest BCUT2D eigenvalue weighted by Crippen LogP contribution is 2.38. The van der Waals surface area contributed by atoms with Crippen molar-refractivity contribution in [2.24, 2.45) is 11.5 Å². The van der Waals surface area contributed by atoms with Crippen molar-refractivity contribution in [2.75, 3.05) is 45.2 Å². The number of fused-ring (bicyclic) bond motifs is 1. The molecule has 1 fully saturated rings. The van der Waals surface area contributed by atoms with E-state index in [0.29, 0.717) is 6.04 Å². The zero-order valence-corrected chi connectivity index (χ0v) is 21.7. The highest BCUT2D eigenvalue weighted by atomic mass is 15.5. The largest absolute Gasteiger partial charge is 0.343 e. The Morgan fingerprint density at radius 2 is 1.53 bits per heavy atom. The monoisotopic (exact) mass is 487 g/mol. The molecule has 0 bridgehead atoms. The molecular formula is C29H41N7. The molecule has 3 heterocycles. The van der Waals surface area contributed by atoms with E-state index >= 15 is 0 Å². The smallest absolute Gasteiger partial charge is 0.136 e. The number of hydrogen-bond acceptors (Lipinski definition) is 6. The molecule has 0 saturated carbocycles. The zero-order chi connectivity index (χ0) is 25.1. The van der Waals surface area contributed by atoms with Gasteiger partial charge in [0.25, 0.3) is 0 Å². The first-order valence-corrected chi connectivity index (χ1v) is 13.3. The highest BCUT2D eigenvalue weighted by molar-refractivity contribution is 5.57. The van der Waals surface area contributed by atoms with Crippen molar-refractivity contribution in [2.45, 2.75) is 44.3 Å². The first-order valence-electron chi connectivity index (χ1n) is 13.3. The molecule has 7 heteroatoms. The van der Waals surface area contributed by atoms with E-state index in [-0.39, 0.29) is 12.5 Å². The molecule has 0 aliphatic carbocycles. The molecule has 1 saturated heterocycles. The quantitative estimate of drug-likeness (QED) is 0.508. The van der Waals surface area contributed by atoms with Crippen LogP contribution in [0.25, 0.3) is 5.69 Å². The number of para-hydroxylation sites is 2. The number of hydrogen-bond donors (Lipinski definition) is 2. The number of aromatic nitrogens is 1. The maximum absolute atomic E-state index is 6.95. The molecule has 2 aromatic carbocycles. The lowest BCUT2D eigenvalue weighted by atomic mass is 9.97. The van der Waals surface area contributed by atoms with E-state index in [0.717, 1.165) is 52.0 Å². The summed E-state index contributed by atoms with van der Waals surface area (Å²) in [4.78, 5) is 9.54. The van der Waals surface area contributed by atoms with Gasteiger partial charge in [-0.15, -0.1) is 0 Å². The fourth-order valence-electron chi connectivity index (χ4n) is 5.89. The van der Waals surface area contributed by atoms with E-state index in [1.165, 1.54) is 22.5 Å². The standard InChI is InChI=1S/C29H41N7/c1-32(2)16-9-19-35-27-13-6-4-11-25(27)28(30)36(29(35)31)24-14-20-33(21-15-24)22-23-10-3-5-12-26(23)34-17-7-8-18-34/h3-8,10-13,17-18,24,28-29H,9,14-16,19-22,30-31H2,1-2H3. The Kier molecular flexibility index (Phi) is 7.74. The van der Waals surface area contributed by atoms with Crippen molar-refractivity contribution in [1.82, 2.24) is 19.3 Å². The van der Waals surface area contributed by atoms with Crippen LogP contribution in [0.4, 0.5) is 5.69 Å². The molecule has 2 atom stereocenters. The normalized spacial score (nSPS) is 21.8. The van der Waals surface area contributed by atoms with Crippen LogP contribution < -0.4 is 16.4 Å². The molecule has 0 radical (unpaired) electrons. The molecule has 5 rings (SSSR count). The third-order valence-electron chi connectivity index (χ3n) is 7.76. The van der Waals surface area contributed by atoms with Crippen molar-refractivity contribution in [3.05, 3.63) is 84.2 Å². The Labute approximate surface area is 215 Å². The second-order valence-electron chi connectivity index (χ2n) is 10.4. The van der Waals surface area contributed by atoms with E-state index in [2.05, 4.69) is 111 Å². The van der Waals surface area contributed by atoms with Crippen molar-refractivity contribution < 1.29 is 0 Å². The minimum atomic E-state index is -0.205. The number of anilines is 1. The van der Waals surface area contributed by atoms with Crippen molar-refractivity contribution >= 4 is 5.69 Å². The molecule has 0 spiro atoms. The maximum atomic E-state index is 6.95. The fourth-order valence-corrected chi connectivity index (χ4v) is 5.89. The predicted octanol–water partition coefficient (Wildman–Crippen LogP) is 3.42. The number of piperidine rings is 1. The number of nitrogens with zero attached hydrogens (tertiary/aromatic N) is 5. The number of rotatable bonds is 8. The van der Waals surface area contributed by atoms with Crippen LogP contribution in [-0.2, 0) is 6.54 Å². The minimum absolute atomic E-state index is 0.174. The van der Waals surface area contributed by atoms with Crippen LogP contribution >= 0.6 is 0 Å². The Balaban J connectivity index is 1.27. The summed E-state index contributed by atoms with van der Waals surface area (Å²) in [6.07, 6.45) is 7.06. The summed E-state index contributed by atoms with van der Waals surface area (Å²) in [5.74, 6) is 0. The van der Waals surface area contributed by atoms with Gasteiger partial charge in [-0.1, -0.05) is 36.4 Å². The van der Waals surface area contributed by atoms with Crippen LogP contribution in [0.15, 0.2) is 73.1 Å². The van der Waals surface area contributed by atoms with Crippen molar-refractivity contribution in [3.63, 3.8) is 0 Å². The van der Waals surface area contributed by atoms with Crippen molar-refractivity contribution in [1.29, 1.82) is 0 Å². The summed E-state index contributed by atoms with van der Waals surface area (Å²) in [7, 11) is 4.24. The maximum Gasteiger partial charge on any atom is 0.136 e. The third kappa shape index (κ3) is 5.21. The van der Waals surface area contributed by atoms with Crippen LogP contribution in [0.2, 0.25) is 0 Å². The number of benzene rings is 2. The Morgan fingerprint density at radius 3 is 2.25 bits per heavy atom. The molecule has 2 unspecified atom stereocenters. The second-order valence-corrected chi connectivity index (χ2v) is 10.4. The second kappa shape index (κ2) is 11.2. The van der Waals surface area contributed by atoms with Gasteiger partial charge in [0.1, 0.15) is 6.29 Å². The SMILES string of the molecule is CN(C)CCCN1c2ccccc2C(N)N(C2CCN(Cc3ccccc3-n3cccc3)CC2)C1N. The van der Waals surface area contributed by atoms with Gasteiger partial charge in [-0.2, -0.15) is 0 Å². The Morgan fingerprint density at radius 1 is 0.861 bits per heavy atom. The molecule has 36 heavy (non-hydrogen) atoms. The highest BCUT2D eigenvalue weighted by Gasteiger charge is 2.40. The lowest BCUT2D eigenvalue weighted by Crippen LogP contribution is -2.64. The molecule has 1 aromatic heterocycles. The summed E-state index contributed by atoms with van der Waals surface area (Å²) < 4.78 is 2.20. The van der Waals surface area contributed by atoms with Gasteiger partial charge in [0.15, 0.2) is 0 Å². The first kappa shape index (κ1) is 25.0. The fraction of sp³-hybridized carbons (Fsp3) is 0.448. The lowest BCUT2D eigenvalue weighted by Gasteiger charge is -2.51. The lowest BCUT2D eigenvalue weighted by molar-refractivity contribution is 0.0284. The Bertz CT molecular complexity index is 1100. The summed E-state index contributed by atoms with van der Waals surface area (Å²) in [5, 5.41) is 0.